The molecule has 0 N–H and O–H groups in total. The summed E-state index contributed by atoms with van der Waals surface area (Å²) >= 11 is 0. The van der Waals surface area contributed by atoms with Crippen molar-refractivity contribution < 1.29 is 19.1 Å². The first kappa shape index (κ1) is 19.7. The Morgan fingerprint density at radius 1 is 1.00 bits per heavy atom. The van der Waals surface area contributed by atoms with E-state index in [2.05, 4.69) is 4.98 Å². The maximum Gasteiger partial charge on any atom is 0.257 e. The van der Waals surface area contributed by atoms with E-state index < -0.39 is 0 Å². The largest absolute Gasteiger partial charge is 0.497 e. The van der Waals surface area contributed by atoms with Crippen LogP contribution < -0.4 is 9.47 Å². The second kappa shape index (κ2) is 8.73. The van der Waals surface area contributed by atoms with E-state index in [-0.39, 0.29) is 11.8 Å². The van der Waals surface area contributed by atoms with Crippen molar-refractivity contribution in [2.75, 3.05) is 40.4 Å². The van der Waals surface area contributed by atoms with Crippen LogP contribution in [0.2, 0.25) is 0 Å². The first-order valence-electron chi connectivity index (χ1n) is 9.22. The van der Waals surface area contributed by atoms with Gasteiger partial charge in [0, 0.05) is 44.1 Å². The number of carbonyl (C=O) groups is 2. The maximum absolute atomic E-state index is 12.9. The van der Waals surface area contributed by atoms with Gasteiger partial charge in [0.2, 0.25) is 5.91 Å². The number of carbonyl (C=O) groups excluding carboxylic acids is 2. The van der Waals surface area contributed by atoms with Crippen molar-refractivity contribution in [2.45, 2.75) is 13.3 Å². The SMILES string of the molecule is COc1ccc(C(=O)N2CCN(C(=O)Cc3ccc(C)nc3)CC2)c(OC)c1. The summed E-state index contributed by atoms with van der Waals surface area (Å²) in [6, 6.07) is 8.98. The molecule has 1 saturated heterocycles. The zero-order chi connectivity index (χ0) is 20.1. The molecule has 148 valence electrons. The number of rotatable bonds is 5. The van der Waals surface area contributed by atoms with Crippen LogP contribution in [-0.2, 0) is 11.2 Å². The minimum atomic E-state index is -0.102. The lowest BCUT2D eigenvalue weighted by atomic mass is 10.1. The smallest absolute Gasteiger partial charge is 0.257 e. The highest BCUT2D eigenvalue weighted by Gasteiger charge is 2.26. The highest BCUT2D eigenvalue weighted by Crippen LogP contribution is 2.26. The Bertz CT molecular complexity index is 843. The third-order valence-corrected chi connectivity index (χ3v) is 4.89. The van der Waals surface area contributed by atoms with Crippen LogP contribution in [0.25, 0.3) is 0 Å². The molecule has 1 aliphatic heterocycles. The molecule has 0 unspecified atom stereocenters. The molecule has 28 heavy (non-hydrogen) atoms. The standard InChI is InChI=1S/C21H25N3O4/c1-15-4-5-16(14-22-15)12-20(25)23-8-10-24(11-9-23)21(26)18-7-6-17(27-2)13-19(18)28-3/h4-7,13-14H,8-12H2,1-3H3. The third-order valence-electron chi connectivity index (χ3n) is 4.89. The van der Waals surface area contributed by atoms with Crippen molar-refractivity contribution in [1.29, 1.82) is 0 Å². The van der Waals surface area contributed by atoms with Crippen molar-refractivity contribution >= 4 is 11.8 Å². The number of nitrogens with zero attached hydrogens (tertiary/aromatic N) is 3. The van der Waals surface area contributed by atoms with E-state index >= 15 is 0 Å². The van der Waals surface area contributed by atoms with Crippen LogP contribution in [0.4, 0.5) is 0 Å². The molecule has 0 aliphatic carbocycles. The molecule has 1 fully saturated rings. The van der Waals surface area contributed by atoms with Gasteiger partial charge in [0.05, 0.1) is 26.2 Å². The van der Waals surface area contributed by atoms with E-state index in [0.29, 0.717) is 49.7 Å². The van der Waals surface area contributed by atoms with Crippen LogP contribution in [0, 0.1) is 6.92 Å². The molecule has 0 atom stereocenters. The summed E-state index contributed by atoms with van der Waals surface area (Å²) in [4.78, 5) is 33.2. The summed E-state index contributed by atoms with van der Waals surface area (Å²) in [7, 11) is 3.10. The van der Waals surface area contributed by atoms with Gasteiger partial charge >= 0.3 is 0 Å². The van der Waals surface area contributed by atoms with E-state index in [9.17, 15) is 9.59 Å². The van der Waals surface area contributed by atoms with Crippen LogP contribution in [0.5, 0.6) is 11.5 Å². The maximum atomic E-state index is 12.9. The molecule has 0 saturated carbocycles. The van der Waals surface area contributed by atoms with Gasteiger partial charge in [0.15, 0.2) is 0 Å². The van der Waals surface area contributed by atoms with Crippen LogP contribution >= 0.6 is 0 Å². The first-order chi connectivity index (χ1) is 13.5. The lowest BCUT2D eigenvalue weighted by Crippen LogP contribution is -2.51. The topological polar surface area (TPSA) is 72.0 Å². The number of amides is 2. The number of piperazine rings is 1. The fourth-order valence-corrected chi connectivity index (χ4v) is 3.19. The van der Waals surface area contributed by atoms with Crippen LogP contribution in [0.1, 0.15) is 21.6 Å². The number of ether oxygens (including phenoxy) is 2. The van der Waals surface area contributed by atoms with Crippen molar-refractivity contribution in [3.8, 4) is 11.5 Å². The predicted molar refractivity (Wildman–Crippen MR) is 105 cm³/mol. The summed E-state index contributed by atoms with van der Waals surface area (Å²) in [6.07, 6.45) is 2.07. The van der Waals surface area contributed by atoms with E-state index in [0.717, 1.165) is 11.3 Å². The number of aryl methyl sites for hydroxylation is 1. The highest BCUT2D eigenvalue weighted by molar-refractivity contribution is 5.97. The minimum absolute atomic E-state index is 0.0554. The molecule has 2 heterocycles. The Morgan fingerprint density at radius 2 is 1.71 bits per heavy atom. The molecular formula is C21H25N3O4. The molecule has 0 spiro atoms. The summed E-state index contributed by atoms with van der Waals surface area (Å²) in [5.74, 6) is 1.07. The summed E-state index contributed by atoms with van der Waals surface area (Å²) in [5, 5.41) is 0. The Kier molecular flexibility index (Phi) is 6.13. The summed E-state index contributed by atoms with van der Waals surface area (Å²) in [6.45, 7) is 3.93. The third kappa shape index (κ3) is 4.42. The second-order valence-electron chi connectivity index (χ2n) is 6.72. The Hall–Kier alpha value is -3.09. The van der Waals surface area contributed by atoms with Gasteiger partial charge in [-0.25, -0.2) is 0 Å². The lowest BCUT2D eigenvalue weighted by molar-refractivity contribution is -0.131. The average Bonchev–Trinajstić information content (AvgIpc) is 2.74. The van der Waals surface area contributed by atoms with Gasteiger partial charge < -0.3 is 19.3 Å². The summed E-state index contributed by atoms with van der Waals surface area (Å²) < 4.78 is 10.5. The van der Waals surface area contributed by atoms with Gasteiger partial charge in [0.1, 0.15) is 11.5 Å². The first-order valence-corrected chi connectivity index (χ1v) is 9.22. The van der Waals surface area contributed by atoms with Gasteiger partial charge in [-0.15, -0.1) is 0 Å². The van der Waals surface area contributed by atoms with Crippen molar-refractivity contribution in [3.05, 3.63) is 53.3 Å². The highest BCUT2D eigenvalue weighted by atomic mass is 16.5. The fourth-order valence-electron chi connectivity index (χ4n) is 3.19. The molecule has 7 nitrogen and oxygen atoms in total. The van der Waals surface area contributed by atoms with Crippen LogP contribution in [-0.4, -0.2) is 67.0 Å². The number of hydrogen-bond donors (Lipinski definition) is 0. The average molecular weight is 383 g/mol. The molecule has 3 rings (SSSR count). The number of methoxy groups -OCH3 is 2. The van der Waals surface area contributed by atoms with E-state index in [1.807, 2.05) is 19.1 Å². The molecule has 2 aromatic rings. The molecule has 7 heteroatoms. The predicted octanol–water partition coefficient (Wildman–Crippen LogP) is 1.93. The molecule has 1 aliphatic rings. The fraction of sp³-hybridized carbons (Fsp3) is 0.381. The van der Waals surface area contributed by atoms with E-state index in [1.165, 1.54) is 7.11 Å². The van der Waals surface area contributed by atoms with Gasteiger partial charge in [-0.2, -0.15) is 0 Å². The molecule has 0 bridgehead atoms. The van der Waals surface area contributed by atoms with Gasteiger partial charge in [-0.1, -0.05) is 6.07 Å². The zero-order valence-electron chi connectivity index (χ0n) is 16.5. The normalized spacial score (nSPS) is 14.0. The number of benzene rings is 1. The number of aromatic nitrogens is 1. The monoisotopic (exact) mass is 383 g/mol. The summed E-state index contributed by atoms with van der Waals surface area (Å²) in [5.41, 5.74) is 2.32. The van der Waals surface area contributed by atoms with E-state index in [4.69, 9.17) is 9.47 Å². The molecular weight excluding hydrogens is 358 g/mol. The van der Waals surface area contributed by atoms with Crippen molar-refractivity contribution in [2.24, 2.45) is 0 Å². The molecule has 1 aromatic heterocycles. The quantitative estimate of drug-likeness (QED) is 0.789. The Balaban J connectivity index is 1.59. The van der Waals surface area contributed by atoms with Gasteiger partial charge in [0.25, 0.3) is 5.91 Å². The molecule has 1 aromatic carbocycles. The van der Waals surface area contributed by atoms with Crippen LogP contribution in [0.15, 0.2) is 36.5 Å². The lowest BCUT2D eigenvalue weighted by Gasteiger charge is -2.35. The van der Waals surface area contributed by atoms with Crippen molar-refractivity contribution in [3.63, 3.8) is 0 Å². The number of pyridine rings is 1. The zero-order valence-corrected chi connectivity index (χ0v) is 16.5. The van der Waals surface area contributed by atoms with Crippen LogP contribution in [0.3, 0.4) is 0 Å². The Labute approximate surface area is 164 Å². The molecule has 2 amide bonds. The van der Waals surface area contributed by atoms with Gasteiger partial charge in [-0.3, -0.25) is 14.6 Å². The van der Waals surface area contributed by atoms with E-state index in [1.54, 1.807) is 41.3 Å². The van der Waals surface area contributed by atoms with Gasteiger partial charge in [-0.05, 0) is 30.7 Å². The number of hydrogen-bond acceptors (Lipinski definition) is 5. The minimum Gasteiger partial charge on any atom is -0.497 e. The van der Waals surface area contributed by atoms with Crippen molar-refractivity contribution in [1.82, 2.24) is 14.8 Å². The Morgan fingerprint density at radius 3 is 2.32 bits per heavy atom. The second-order valence-corrected chi connectivity index (χ2v) is 6.72. The molecule has 0 radical (unpaired) electrons.